The number of ether oxygens (including phenoxy) is 2. The van der Waals surface area contributed by atoms with E-state index in [1.165, 1.54) is 11.3 Å². The number of carbonyl (C=O) groups excluding carboxylic acids is 2. The van der Waals surface area contributed by atoms with Gasteiger partial charge in [-0.3, -0.25) is 14.5 Å². The smallest absolute Gasteiger partial charge is 0.248 e. The minimum Gasteiger partial charge on any atom is -0.494 e. The van der Waals surface area contributed by atoms with Crippen molar-refractivity contribution in [2.45, 2.75) is 70.4 Å². The number of piperazine rings is 1. The monoisotopic (exact) mass is 612 g/mol. The summed E-state index contributed by atoms with van der Waals surface area (Å²) in [6.07, 6.45) is 6.19. The Labute approximate surface area is 262 Å². The van der Waals surface area contributed by atoms with Crippen LogP contribution in [0.2, 0.25) is 0 Å². The average molecular weight is 613 g/mol. The number of likely N-dealkylation sites (N-methyl/N-ethyl adjacent to an activating group) is 1. The summed E-state index contributed by atoms with van der Waals surface area (Å²) in [5.74, 6) is 0.619. The molecule has 0 spiro atoms. The van der Waals surface area contributed by atoms with Gasteiger partial charge in [-0.1, -0.05) is 57.4 Å². The fourth-order valence-electron chi connectivity index (χ4n) is 6.13. The number of amides is 2. The van der Waals surface area contributed by atoms with E-state index in [4.69, 9.17) is 21.1 Å². The normalized spacial score (nSPS) is 17.4. The van der Waals surface area contributed by atoms with Gasteiger partial charge >= 0.3 is 0 Å². The molecular weight excluding hydrogens is 564 g/mol. The highest BCUT2D eigenvalue weighted by molar-refractivity contribution is 6.30. The Kier molecular flexibility index (Phi) is 12.6. The fourth-order valence-corrected chi connectivity index (χ4v) is 6.26. The first-order chi connectivity index (χ1) is 20.8. The number of halogens is 1. The van der Waals surface area contributed by atoms with Gasteiger partial charge in [0.2, 0.25) is 11.8 Å². The minimum absolute atomic E-state index is 0.0866. The van der Waals surface area contributed by atoms with E-state index in [0.29, 0.717) is 23.6 Å². The second kappa shape index (κ2) is 16.3. The van der Waals surface area contributed by atoms with Crippen LogP contribution in [0.4, 0.5) is 5.69 Å². The molecule has 1 aliphatic carbocycles. The Hall–Kier alpha value is -2.81. The van der Waals surface area contributed by atoms with Gasteiger partial charge in [0.15, 0.2) is 0 Å². The van der Waals surface area contributed by atoms with Crippen LogP contribution in [0.15, 0.2) is 42.5 Å². The van der Waals surface area contributed by atoms with E-state index < -0.39 is 6.04 Å². The molecule has 2 aromatic rings. The number of para-hydroxylation sites is 1. The molecule has 1 saturated carbocycles. The van der Waals surface area contributed by atoms with Crippen LogP contribution >= 0.6 is 11.6 Å². The summed E-state index contributed by atoms with van der Waals surface area (Å²) in [7, 11) is 3.76. The highest BCUT2D eigenvalue weighted by atomic mass is 35.5. The zero-order valence-corrected chi connectivity index (χ0v) is 27.1. The second-order valence-corrected chi connectivity index (χ2v) is 12.4. The number of alkyl halides is 1. The van der Waals surface area contributed by atoms with Crippen molar-refractivity contribution in [3.8, 4) is 11.5 Å². The third-order valence-electron chi connectivity index (χ3n) is 8.63. The quantitative estimate of drug-likeness (QED) is 0.235. The topological polar surface area (TPSA) is 74.3 Å². The summed E-state index contributed by atoms with van der Waals surface area (Å²) >= 11 is 6.19. The first-order valence-electron chi connectivity index (χ1n) is 15.8. The SMILES string of the molecule is COc1c(C(C)C)cccc1N(C(=O)CCl)C(C(=O)NC1CCCCC1)c1ccc(OCCCN2CCN(C)CC2)cc1. The lowest BCUT2D eigenvalue weighted by molar-refractivity contribution is -0.126. The summed E-state index contributed by atoms with van der Waals surface area (Å²) in [5, 5.41) is 3.26. The van der Waals surface area contributed by atoms with Crippen LogP contribution < -0.4 is 19.7 Å². The van der Waals surface area contributed by atoms with Crippen LogP contribution in [-0.4, -0.2) is 87.0 Å². The van der Waals surface area contributed by atoms with Crippen molar-refractivity contribution in [1.29, 1.82) is 0 Å². The van der Waals surface area contributed by atoms with Gasteiger partial charge in [-0.05, 0) is 61.6 Å². The molecule has 2 fully saturated rings. The summed E-state index contributed by atoms with van der Waals surface area (Å²) in [6.45, 7) is 10.2. The lowest BCUT2D eigenvalue weighted by Crippen LogP contribution is -2.47. The Morgan fingerprint density at radius 2 is 1.72 bits per heavy atom. The van der Waals surface area contributed by atoms with Gasteiger partial charge in [0.05, 0.1) is 19.4 Å². The first kappa shape index (κ1) is 33.1. The van der Waals surface area contributed by atoms with E-state index in [2.05, 4.69) is 36.0 Å². The van der Waals surface area contributed by atoms with Crippen molar-refractivity contribution < 1.29 is 19.1 Å². The predicted molar refractivity (Wildman–Crippen MR) is 174 cm³/mol. The molecule has 2 aliphatic rings. The summed E-state index contributed by atoms with van der Waals surface area (Å²) < 4.78 is 11.9. The lowest BCUT2D eigenvalue weighted by atomic mass is 9.94. The van der Waals surface area contributed by atoms with Crippen LogP contribution in [0.25, 0.3) is 0 Å². The van der Waals surface area contributed by atoms with Gasteiger partial charge in [-0.2, -0.15) is 0 Å². The number of nitrogens with one attached hydrogen (secondary N) is 1. The molecule has 236 valence electrons. The predicted octanol–water partition coefficient (Wildman–Crippen LogP) is 5.60. The number of anilines is 1. The molecule has 0 bridgehead atoms. The van der Waals surface area contributed by atoms with Crippen molar-refractivity contribution in [3.05, 3.63) is 53.6 Å². The molecule has 1 aliphatic heterocycles. The van der Waals surface area contributed by atoms with Gasteiger partial charge in [0.25, 0.3) is 0 Å². The summed E-state index contributed by atoms with van der Waals surface area (Å²) in [5.41, 5.74) is 2.18. The Morgan fingerprint density at radius 1 is 1.02 bits per heavy atom. The van der Waals surface area contributed by atoms with E-state index in [1.54, 1.807) is 7.11 Å². The van der Waals surface area contributed by atoms with Crippen molar-refractivity contribution in [1.82, 2.24) is 15.1 Å². The van der Waals surface area contributed by atoms with Gasteiger partial charge in [-0.15, -0.1) is 11.6 Å². The molecule has 2 aromatic carbocycles. The van der Waals surface area contributed by atoms with E-state index in [0.717, 1.165) is 76.1 Å². The molecule has 1 atom stereocenters. The number of rotatable bonds is 13. The van der Waals surface area contributed by atoms with E-state index in [-0.39, 0.29) is 29.7 Å². The van der Waals surface area contributed by atoms with E-state index in [1.807, 2.05) is 42.5 Å². The maximum atomic E-state index is 14.1. The zero-order chi connectivity index (χ0) is 30.8. The third kappa shape index (κ3) is 8.87. The molecule has 2 amide bonds. The third-order valence-corrected chi connectivity index (χ3v) is 8.86. The molecule has 43 heavy (non-hydrogen) atoms. The van der Waals surface area contributed by atoms with Gasteiger partial charge in [0.1, 0.15) is 23.4 Å². The Morgan fingerprint density at radius 3 is 2.35 bits per heavy atom. The van der Waals surface area contributed by atoms with E-state index >= 15 is 0 Å². The molecule has 4 rings (SSSR count). The van der Waals surface area contributed by atoms with Gasteiger partial charge < -0.3 is 24.6 Å². The molecule has 1 saturated heterocycles. The fraction of sp³-hybridized carbons (Fsp3) is 0.588. The Balaban J connectivity index is 1.58. The van der Waals surface area contributed by atoms with Crippen LogP contribution in [0.1, 0.15) is 75.5 Å². The number of benzene rings is 2. The maximum Gasteiger partial charge on any atom is 0.248 e. The number of hydrogen-bond acceptors (Lipinski definition) is 6. The zero-order valence-electron chi connectivity index (χ0n) is 26.3. The van der Waals surface area contributed by atoms with Crippen LogP contribution in [0.5, 0.6) is 11.5 Å². The van der Waals surface area contributed by atoms with Crippen LogP contribution in [0.3, 0.4) is 0 Å². The molecule has 1 heterocycles. The van der Waals surface area contributed by atoms with Gasteiger partial charge in [-0.25, -0.2) is 0 Å². The number of hydrogen-bond donors (Lipinski definition) is 1. The Bertz CT molecular complexity index is 1180. The van der Waals surface area contributed by atoms with Crippen molar-refractivity contribution in [3.63, 3.8) is 0 Å². The highest BCUT2D eigenvalue weighted by Gasteiger charge is 2.36. The van der Waals surface area contributed by atoms with Gasteiger partial charge in [0, 0.05) is 38.8 Å². The average Bonchev–Trinajstić information content (AvgIpc) is 3.02. The van der Waals surface area contributed by atoms with Crippen molar-refractivity contribution in [2.24, 2.45) is 0 Å². The van der Waals surface area contributed by atoms with E-state index in [9.17, 15) is 9.59 Å². The second-order valence-electron chi connectivity index (χ2n) is 12.1. The lowest BCUT2D eigenvalue weighted by Gasteiger charge is -2.34. The summed E-state index contributed by atoms with van der Waals surface area (Å²) in [4.78, 5) is 34.0. The van der Waals surface area contributed by atoms with Crippen molar-refractivity contribution >= 4 is 29.1 Å². The molecule has 9 heteroatoms. The number of nitrogens with zero attached hydrogens (tertiary/aromatic N) is 3. The van der Waals surface area contributed by atoms with Crippen LogP contribution in [-0.2, 0) is 9.59 Å². The van der Waals surface area contributed by atoms with Crippen molar-refractivity contribution in [2.75, 3.05) is 64.3 Å². The molecule has 1 unspecified atom stereocenters. The first-order valence-corrected chi connectivity index (χ1v) is 16.3. The molecule has 0 radical (unpaired) electrons. The standard InChI is InChI=1S/C34H49ClN4O4/c1-25(2)29-12-8-13-30(33(29)42-4)39(31(40)24-35)32(34(41)36-27-10-6-5-7-11-27)26-14-16-28(17-15-26)43-23-9-18-38-21-19-37(3)20-22-38/h8,12-17,25,27,32H,5-7,9-11,18-24H2,1-4H3,(H,36,41). The largest absolute Gasteiger partial charge is 0.494 e. The molecular formula is C34H49ClN4O4. The minimum atomic E-state index is -0.921. The van der Waals surface area contributed by atoms with Crippen LogP contribution in [0, 0.1) is 0 Å². The number of carbonyl (C=O) groups is 2. The number of methoxy groups -OCH3 is 1. The molecule has 8 nitrogen and oxygen atoms in total. The molecule has 0 aromatic heterocycles. The molecule has 1 N–H and O–H groups in total. The summed E-state index contributed by atoms with van der Waals surface area (Å²) in [6, 6.07) is 12.4. The maximum absolute atomic E-state index is 14.1. The highest BCUT2D eigenvalue weighted by Crippen LogP contribution is 2.40.